The summed E-state index contributed by atoms with van der Waals surface area (Å²) < 4.78 is 5.44. The first-order valence-electron chi connectivity index (χ1n) is 5.98. The molecule has 0 atom stereocenters. The van der Waals surface area contributed by atoms with E-state index in [4.69, 9.17) is 10.5 Å². The number of rotatable bonds is 4. The number of benzene rings is 1. The zero-order valence-corrected chi connectivity index (χ0v) is 10.6. The number of ether oxygens (including phenoxy) is 1. The van der Waals surface area contributed by atoms with Gasteiger partial charge in [0.25, 0.3) is 11.6 Å². The maximum atomic E-state index is 11.8. The lowest BCUT2D eigenvalue weighted by Crippen LogP contribution is -2.12. The standard InChI is InChI=1S/C13H17N3O2/c1-8(2)5-6-18-13-15-11-4-3-9(14)7-10(11)12(17)16-13/h3-4,7-8H,5-6,14H2,1-2H3,(H,15,16,17). The van der Waals surface area contributed by atoms with Gasteiger partial charge in [0.1, 0.15) is 0 Å². The third kappa shape index (κ3) is 2.80. The lowest BCUT2D eigenvalue weighted by atomic mass is 10.1. The van der Waals surface area contributed by atoms with E-state index in [0.29, 0.717) is 29.1 Å². The molecule has 1 aromatic heterocycles. The number of aromatic amines is 1. The summed E-state index contributed by atoms with van der Waals surface area (Å²) >= 11 is 0. The second kappa shape index (κ2) is 5.08. The zero-order valence-electron chi connectivity index (χ0n) is 10.6. The molecular formula is C13H17N3O2. The van der Waals surface area contributed by atoms with Crippen LogP contribution in [0.2, 0.25) is 0 Å². The predicted molar refractivity (Wildman–Crippen MR) is 71.7 cm³/mol. The maximum Gasteiger partial charge on any atom is 0.297 e. The number of aromatic nitrogens is 2. The Morgan fingerprint density at radius 1 is 1.44 bits per heavy atom. The highest BCUT2D eigenvalue weighted by molar-refractivity contribution is 5.81. The Labute approximate surface area is 105 Å². The molecule has 0 unspecified atom stereocenters. The fraction of sp³-hybridized carbons (Fsp3) is 0.385. The van der Waals surface area contributed by atoms with E-state index >= 15 is 0 Å². The summed E-state index contributed by atoms with van der Waals surface area (Å²) in [4.78, 5) is 18.7. The van der Waals surface area contributed by atoms with E-state index in [9.17, 15) is 4.79 Å². The van der Waals surface area contributed by atoms with Crippen molar-refractivity contribution in [3.63, 3.8) is 0 Å². The minimum atomic E-state index is -0.230. The summed E-state index contributed by atoms with van der Waals surface area (Å²) in [7, 11) is 0. The molecule has 0 aliphatic rings. The number of anilines is 1. The predicted octanol–water partition coefficient (Wildman–Crippen LogP) is 1.93. The van der Waals surface area contributed by atoms with E-state index in [1.165, 1.54) is 0 Å². The summed E-state index contributed by atoms with van der Waals surface area (Å²) in [5.74, 6) is 0.553. The molecule has 5 heteroatoms. The minimum absolute atomic E-state index is 0.230. The quantitative estimate of drug-likeness (QED) is 0.809. The largest absolute Gasteiger partial charge is 0.465 e. The molecule has 0 spiro atoms. The third-order valence-electron chi connectivity index (χ3n) is 2.64. The number of hydrogen-bond donors (Lipinski definition) is 2. The second-order valence-electron chi connectivity index (χ2n) is 4.68. The Bertz CT molecular complexity index is 605. The molecule has 0 aliphatic heterocycles. The van der Waals surface area contributed by atoms with Gasteiger partial charge in [0.2, 0.25) is 0 Å². The molecule has 18 heavy (non-hydrogen) atoms. The van der Waals surface area contributed by atoms with Crippen LogP contribution in [-0.4, -0.2) is 16.6 Å². The van der Waals surface area contributed by atoms with Crippen molar-refractivity contribution in [3.8, 4) is 6.01 Å². The van der Waals surface area contributed by atoms with Crippen LogP contribution in [0.1, 0.15) is 20.3 Å². The van der Waals surface area contributed by atoms with Gasteiger partial charge in [0.15, 0.2) is 0 Å². The highest BCUT2D eigenvalue weighted by atomic mass is 16.5. The SMILES string of the molecule is CC(C)CCOc1nc2ccc(N)cc2c(=O)[nH]1. The average Bonchev–Trinajstić information content (AvgIpc) is 2.30. The molecule has 96 valence electrons. The van der Waals surface area contributed by atoms with Gasteiger partial charge in [-0.1, -0.05) is 13.8 Å². The van der Waals surface area contributed by atoms with Gasteiger partial charge in [-0.25, -0.2) is 0 Å². The molecule has 3 N–H and O–H groups in total. The molecule has 5 nitrogen and oxygen atoms in total. The summed E-state index contributed by atoms with van der Waals surface area (Å²) in [5.41, 5.74) is 6.54. The van der Waals surface area contributed by atoms with E-state index in [2.05, 4.69) is 23.8 Å². The van der Waals surface area contributed by atoms with E-state index in [1.54, 1.807) is 18.2 Å². The molecule has 2 aromatic rings. The van der Waals surface area contributed by atoms with E-state index in [-0.39, 0.29) is 11.6 Å². The van der Waals surface area contributed by atoms with Gasteiger partial charge >= 0.3 is 0 Å². The molecule has 2 rings (SSSR count). The maximum absolute atomic E-state index is 11.8. The van der Waals surface area contributed by atoms with Gasteiger partial charge in [-0.3, -0.25) is 9.78 Å². The lowest BCUT2D eigenvalue weighted by Gasteiger charge is -2.07. The van der Waals surface area contributed by atoms with E-state index in [0.717, 1.165) is 6.42 Å². The van der Waals surface area contributed by atoms with Gasteiger partial charge in [-0.2, -0.15) is 4.98 Å². The number of hydrogen-bond acceptors (Lipinski definition) is 4. The third-order valence-corrected chi connectivity index (χ3v) is 2.64. The van der Waals surface area contributed by atoms with Crippen LogP contribution in [0, 0.1) is 5.92 Å². The summed E-state index contributed by atoms with van der Waals surface area (Å²) in [6.07, 6.45) is 0.920. The lowest BCUT2D eigenvalue weighted by molar-refractivity contribution is 0.269. The number of nitrogen functional groups attached to an aromatic ring is 1. The van der Waals surface area contributed by atoms with Crippen molar-refractivity contribution < 1.29 is 4.74 Å². The monoisotopic (exact) mass is 247 g/mol. The van der Waals surface area contributed by atoms with Crippen molar-refractivity contribution in [1.82, 2.24) is 9.97 Å². The highest BCUT2D eigenvalue weighted by Crippen LogP contribution is 2.13. The van der Waals surface area contributed by atoms with Crippen LogP contribution in [0.4, 0.5) is 5.69 Å². The van der Waals surface area contributed by atoms with Crippen molar-refractivity contribution in [2.75, 3.05) is 12.3 Å². The zero-order chi connectivity index (χ0) is 13.1. The summed E-state index contributed by atoms with van der Waals surface area (Å²) in [5, 5.41) is 0.478. The second-order valence-corrected chi connectivity index (χ2v) is 4.68. The van der Waals surface area contributed by atoms with Crippen LogP contribution >= 0.6 is 0 Å². The van der Waals surface area contributed by atoms with Gasteiger partial charge in [0, 0.05) is 5.69 Å². The normalized spacial score (nSPS) is 11.1. The number of H-pyrrole nitrogens is 1. The number of fused-ring (bicyclic) bond motifs is 1. The molecule has 0 aliphatic carbocycles. The van der Waals surface area contributed by atoms with Crippen LogP contribution in [0.15, 0.2) is 23.0 Å². The van der Waals surface area contributed by atoms with Crippen LogP contribution in [0.5, 0.6) is 6.01 Å². The molecule has 1 heterocycles. The van der Waals surface area contributed by atoms with Gasteiger partial charge in [-0.15, -0.1) is 0 Å². The van der Waals surface area contributed by atoms with Crippen LogP contribution in [0.3, 0.4) is 0 Å². The fourth-order valence-corrected chi connectivity index (χ4v) is 1.59. The Morgan fingerprint density at radius 2 is 2.22 bits per heavy atom. The Balaban J connectivity index is 2.26. The highest BCUT2D eigenvalue weighted by Gasteiger charge is 2.05. The summed E-state index contributed by atoms with van der Waals surface area (Å²) in [6, 6.07) is 5.30. The molecule has 1 aromatic carbocycles. The van der Waals surface area contributed by atoms with Gasteiger partial charge in [0.05, 0.1) is 17.5 Å². The van der Waals surface area contributed by atoms with Crippen LogP contribution in [0.25, 0.3) is 10.9 Å². The first kappa shape index (κ1) is 12.4. The van der Waals surface area contributed by atoms with Crippen molar-refractivity contribution >= 4 is 16.6 Å². The topological polar surface area (TPSA) is 81.0 Å². The van der Waals surface area contributed by atoms with Gasteiger partial charge in [-0.05, 0) is 30.5 Å². The average molecular weight is 247 g/mol. The van der Waals surface area contributed by atoms with Crippen LogP contribution < -0.4 is 16.0 Å². The number of nitrogens with two attached hydrogens (primary N) is 1. The number of nitrogens with one attached hydrogen (secondary N) is 1. The molecule has 0 radical (unpaired) electrons. The van der Waals surface area contributed by atoms with Crippen molar-refractivity contribution in [1.29, 1.82) is 0 Å². The Kier molecular flexibility index (Phi) is 3.50. The Hall–Kier alpha value is -2.04. The molecule has 0 amide bonds. The molecular weight excluding hydrogens is 230 g/mol. The number of nitrogens with zero attached hydrogens (tertiary/aromatic N) is 1. The van der Waals surface area contributed by atoms with Gasteiger partial charge < -0.3 is 10.5 Å². The van der Waals surface area contributed by atoms with E-state index in [1.807, 2.05) is 0 Å². The molecule has 0 saturated carbocycles. The fourth-order valence-electron chi connectivity index (χ4n) is 1.59. The smallest absolute Gasteiger partial charge is 0.297 e. The van der Waals surface area contributed by atoms with Crippen molar-refractivity contribution in [2.24, 2.45) is 5.92 Å². The first-order chi connectivity index (χ1) is 8.56. The summed E-state index contributed by atoms with van der Waals surface area (Å²) in [6.45, 7) is 4.77. The molecule has 0 saturated heterocycles. The minimum Gasteiger partial charge on any atom is -0.465 e. The first-order valence-corrected chi connectivity index (χ1v) is 5.98. The van der Waals surface area contributed by atoms with Crippen molar-refractivity contribution in [2.45, 2.75) is 20.3 Å². The molecule has 0 fully saturated rings. The van der Waals surface area contributed by atoms with E-state index < -0.39 is 0 Å². The van der Waals surface area contributed by atoms with Crippen LogP contribution in [-0.2, 0) is 0 Å². The molecule has 0 bridgehead atoms. The van der Waals surface area contributed by atoms with Crippen molar-refractivity contribution in [3.05, 3.63) is 28.6 Å². The Morgan fingerprint density at radius 3 is 2.94 bits per heavy atom.